The molecule has 0 fully saturated rings. The van der Waals surface area contributed by atoms with E-state index < -0.39 is 5.91 Å². The van der Waals surface area contributed by atoms with Crippen molar-refractivity contribution in [3.63, 3.8) is 0 Å². The van der Waals surface area contributed by atoms with Gasteiger partial charge in [-0.1, -0.05) is 18.2 Å². The fourth-order valence-electron chi connectivity index (χ4n) is 1.88. The van der Waals surface area contributed by atoms with Crippen LogP contribution in [0.2, 0.25) is 0 Å². The van der Waals surface area contributed by atoms with Crippen LogP contribution in [0.4, 0.5) is 0 Å². The van der Waals surface area contributed by atoms with Crippen molar-refractivity contribution < 1.29 is 24.2 Å². The number of rotatable bonds is 8. The first-order valence-electron chi connectivity index (χ1n) is 7.79. The maximum atomic E-state index is 11.8. The van der Waals surface area contributed by atoms with E-state index in [1.807, 2.05) is 30.3 Å². The maximum absolute atomic E-state index is 11.8. The van der Waals surface area contributed by atoms with Crippen LogP contribution in [0.15, 0.2) is 54.6 Å². The van der Waals surface area contributed by atoms with E-state index in [4.69, 9.17) is 14.6 Å². The molecule has 0 aliphatic rings. The number of hydrazine groups is 1. The van der Waals surface area contributed by atoms with Crippen molar-refractivity contribution >= 4 is 11.8 Å². The van der Waals surface area contributed by atoms with E-state index in [1.165, 1.54) is 24.3 Å². The molecule has 2 amide bonds. The molecule has 2 aromatic carbocycles. The lowest BCUT2D eigenvalue weighted by Gasteiger charge is -2.09. The summed E-state index contributed by atoms with van der Waals surface area (Å²) in [6.45, 7) is 0.977. The van der Waals surface area contributed by atoms with E-state index in [1.54, 1.807) is 0 Å². The molecule has 0 saturated heterocycles. The van der Waals surface area contributed by atoms with Crippen LogP contribution in [0.1, 0.15) is 16.8 Å². The van der Waals surface area contributed by atoms with E-state index in [9.17, 15) is 9.59 Å². The van der Waals surface area contributed by atoms with Crippen molar-refractivity contribution in [3.8, 4) is 11.5 Å². The Morgan fingerprint density at radius 2 is 1.60 bits per heavy atom. The zero-order valence-corrected chi connectivity index (χ0v) is 13.6. The molecular formula is C18H20N2O5. The molecular weight excluding hydrogens is 324 g/mol. The largest absolute Gasteiger partial charge is 0.508 e. The summed E-state index contributed by atoms with van der Waals surface area (Å²) >= 11 is 0. The second-order valence-corrected chi connectivity index (χ2v) is 5.07. The summed E-state index contributed by atoms with van der Waals surface area (Å²) in [6.07, 6.45) is 0.112. The van der Waals surface area contributed by atoms with Crippen molar-refractivity contribution in [1.29, 1.82) is 0 Å². The Kier molecular flexibility index (Phi) is 7.27. The molecule has 0 radical (unpaired) electrons. The van der Waals surface area contributed by atoms with Gasteiger partial charge < -0.3 is 14.6 Å². The number of hydrogen-bond acceptors (Lipinski definition) is 5. The third-order valence-corrected chi connectivity index (χ3v) is 3.16. The second-order valence-electron chi connectivity index (χ2n) is 5.07. The number of nitrogens with one attached hydrogen (secondary N) is 2. The molecule has 0 spiro atoms. The summed E-state index contributed by atoms with van der Waals surface area (Å²) in [5, 5.41) is 9.16. The van der Waals surface area contributed by atoms with Gasteiger partial charge >= 0.3 is 0 Å². The highest BCUT2D eigenvalue weighted by Crippen LogP contribution is 2.09. The lowest BCUT2D eigenvalue weighted by molar-refractivity contribution is -0.123. The van der Waals surface area contributed by atoms with Gasteiger partial charge in [0.1, 0.15) is 18.1 Å². The standard InChI is InChI=1S/C18H20N2O5/c21-15-8-6-14(7-9-15)18(23)20-19-17(22)10-11-24-12-13-25-16-4-2-1-3-5-16/h1-9,21H,10-13H2,(H,19,22)(H,20,23). The molecule has 2 aromatic rings. The van der Waals surface area contributed by atoms with Gasteiger partial charge in [-0.3, -0.25) is 20.4 Å². The van der Waals surface area contributed by atoms with Crippen molar-refractivity contribution in [2.45, 2.75) is 6.42 Å². The normalized spacial score (nSPS) is 10.1. The van der Waals surface area contributed by atoms with Crippen LogP contribution in [0.25, 0.3) is 0 Å². The summed E-state index contributed by atoms with van der Waals surface area (Å²) in [7, 11) is 0. The number of para-hydroxylation sites is 1. The zero-order chi connectivity index (χ0) is 17.9. The second kappa shape index (κ2) is 9.94. The Balaban J connectivity index is 1.53. The SMILES string of the molecule is O=C(CCOCCOc1ccccc1)NNC(=O)c1ccc(O)cc1. The van der Waals surface area contributed by atoms with Gasteiger partial charge in [0, 0.05) is 5.56 Å². The molecule has 0 heterocycles. The van der Waals surface area contributed by atoms with E-state index in [0.717, 1.165) is 5.75 Å². The lowest BCUT2D eigenvalue weighted by atomic mass is 10.2. The van der Waals surface area contributed by atoms with Crippen LogP contribution < -0.4 is 15.6 Å². The van der Waals surface area contributed by atoms with Gasteiger partial charge in [-0.2, -0.15) is 0 Å². The smallest absolute Gasteiger partial charge is 0.269 e. The number of phenolic OH excluding ortho intramolecular Hbond substituents is 1. The molecule has 3 N–H and O–H groups in total. The van der Waals surface area contributed by atoms with Gasteiger partial charge in [-0.25, -0.2) is 0 Å². The first kappa shape index (κ1) is 18.3. The number of benzene rings is 2. The summed E-state index contributed by atoms with van der Waals surface area (Å²) in [6, 6.07) is 15.1. The Morgan fingerprint density at radius 1 is 0.880 bits per heavy atom. The van der Waals surface area contributed by atoms with Crippen LogP contribution in [0.3, 0.4) is 0 Å². The molecule has 0 bridgehead atoms. The molecule has 0 unspecified atom stereocenters. The summed E-state index contributed by atoms with van der Waals surface area (Å²) in [5.41, 5.74) is 4.92. The summed E-state index contributed by atoms with van der Waals surface area (Å²) in [4.78, 5) is 23.4. The average Bonchev–Trinajstić information content (AvgIpc) is 2.64. The van der Waals surface area contributed by atoms with Gasteiger partial charge in [0.05, 0.1) is 19.6 Å². The van der Waals surface area contributed by atoms with Crippen molar-refractivity contribution in [3.05, 3.63) is 60.2 Å². The van der Waals surface area contributed by atoms with Crippen molar-refractivity contribution in [2.24, 2.45) is 0 Å². The third kappa shape index (κ3) is 6.92. The summed E-state index contributed by atoms with van der Waals surface area (Å²) < 4.78 is 10.8. The lowest BCUT2D eigenvalue weighted by Crippen LogP contribution is -2.41. The Morgan fingerprint density at radius 3 is 2.32 bits per heavy atom. The fraction of sp³-hybridized carbons (Fsp3) is 0.222. The van der Waals surface area contributed by atoms with Crippen LogP contribution >= 0.6 is 0 Å². The van der Waals surface area contributed by atoms with E-state index in [2.05, 4.69) is 10.9 Å². The minimum Gasteiger partial charge on any atom is -0.508 e. The molecule has 132 valence electrons. The van der Waals surface area contributed by atoms with Crippen LogP contribution in [0, 0.1) is 0 Å². The summed E-state index contributed by atoms with van der Waals surface area (Å²) in [5.74, 6) is -0.00333. The van der Waals surface area contributed by atoms with Crippen LogP contribution in [-0.4, -0.2) is 36.7 Å². The maximum Gasteiger partial charge on any atom is 0.269 e. The van der Waals surface area contributed by atoms with Crippen LogP contribution in [0.5, 0.6) is 11.5 Å². The average molecular weight is 344 g/mol. The highest BCUT2D eigenvalue weighted by atomic mass is 16.5. The van der Waals surface area contributed by atoms with Gasteiger partial charge in [-0.15, -0.1) is 0 Å². The molecule has 0 saturated carbocycles. The predicted octanol–water partition coefficient (Wildman–Crippen LogP) is 1.64. The predicted molar refractivity (Wildman–Crippen MR) is 91.1 cm³/mol. The minimum atomic E-state index is -0.467. The molecule has 7 heteroatoms. The molecule has 7 nitrogen and oxygen atoms in total. The fourth-order valence-corrected chi connectivity index (χ4v) is 1.88. The van der Waals surface area contributed by atoms with E-state index in [-0.39, 0.29) is 24.7 Å². The van der Waals surface area contributed by atoms with Gasteiger partial charge in [0.15, 0.2) is 0 Å². The highest BCUT2D eigenvalue weighted by molar-refractivity contribution is 5.95. The zero-order valence-electron chi connectivity index (χ0n) is 13.6. The number of carbonyl (C=O) groups is 2. The van der Waals surface area contributed by atoms with Crippen molar-refractivity contribution in [2.75, 3.05) is 19.8 Å². The highest BCUT2D eigenvalue weighted by Gasteiger charge is 2.07. The molecule has 0 aliphatic carbocycles. The molecule has 2 rings (SSSR count). The molecule has 0 aliphatic heterocycles. The number of ether oxygens (including phenoxy) is 2. The minimum absolute atomic E-state index is 0.0639. The number of carbonyl (C=O) groups excluding carboxylic acids is 2. The molecule has 0 atom stereocenters. The number of aromatic hydroxyl groups is 1. The monoisotopic (exact) mass is 344 g/mol. The number of hydrogen-bond donors (Lipinski definition) is 3. The first-order chi connectivity index (χ1) is 12.1. The molecule has 0 aromatic heterocycles. The van der Waals surface area contributed by atoms with Gasteiger partial charge in [-0.05, 0) is 36.4 Å². The quantitative estimate of drug-likeness (QED) is 0.500. The Bertz CT molecular complexity index is 674. The van der Waals surface area contributed by atoms with E-state index >= 15 is 0 Å². The molecule has 25 heavy (non-hydrogen) atoms. The van der Waals surface area contributed by atoms with Crippen LogP contribution in [-0.2, 0) is 9.53 Å². The Labute approximate surface area is 145 Å². The first-order valence-corrected chi connectivity index (χ1v) is 7.79. The van der Waals surface area contributed by atoms with E-state index in [0.29, 0.717) is 18.8 Å². The Hall–Kier alpha value is -3.06. The van der Waals surface area contributed by atoms with Crippen molar-refractivity contribution in [1.82, 2.24) is 10.9 Å². The number of amides is 2. The third-order valence-electron chi connectivity index (χ3n) is 3.16. The topological polar surface area (TPSA) is 96.9 Å². The van der Waals surface area contributed by atoms with Gasteiger partial charge in [0.2, 0.25) is 5.91 Å². The van der Waals surface area contributed by atoms with Gasteiger partial charge in [0.25, 0.3) is 5.91 Å². The number of phenols is 1.